The number of nitrogens with one attached hydrogen (secondary N) is 1. The largest absolute Gasteiger partial charge is 0.478 e. The Kier molecular flexibility index (Phi) is 5.68. The van der Waals surface area contributed by atoms with Gasteiger partial charge >= 0.3 is 5.97 Å². The molecule has 0 unspecified atom stereocenters. The van der Waals surface area contributed by atoms with Crippen LogP contribution in [0.2, 0.25) is 10.0 Å². The summed E-state index contributed by atoms with van der Waals surface area (Å²) >= 11 is 12.7. The molecule has 3 aliphatic heterocycles. The minimum absolute atomic E-state index is 0.0320. The number of fused-ring (bicyclic) bond motifs is 7. The fourth-order valence-corrected chi connectivity index (χ4v) is 7.95. The molecule has 1 amide bonds. The first-order chi connectivity index (χ1) is 20.3. The molecule has 2 N–H and O–H groups in total. The highest BCUT2D eigenvalue weighted by molar-refractivity contribution is 6.31. The Balaban J connectivity index is 1.43. The normalized spacial score (nSPS) is 26.5. The van der Waals surface area contributed by atoms with E-state index >= 15 is 4.39 Å². The van der Waals surface area contributed by atoms with Crippen molar-refractivity contribution < 1.29 is 23.8 Å². The molecule has 1 aliphatic carbocycles. The van der Waals surface area contributed by atoms with Crippen LogP contribution in [0.4, 0.5) is 10.1 Å². The molecule has 1 spiro atoms. The van der Waals surface area contributed by atoms with Crippen molar-refractivity contribution in [1.82, 2.24) is 14.7 Å². The van der Waals surface area contributed by atoms with Crippen molar-refractivity contribution in [3.63, 3.8) is 0 Å². The van der Waals surface area contributed by atoms with E-state index in [-0.39, 0.29) is 29.1 Å². The maximum Gasteiger partial charge on any atom is 0.335 e. The number of carbonyl (C=O) groups excluding carboxylic acids is 1. The summed E-state index contributed by atoms with van der Waals surface area (Å²) in [5.41, 5.74) is 0.876. The molecule has 8 rings (SSSR count). The standard InChI is InChI=1S/C31H25Cl2FN4O4/c32-17-8-10-20-23(12-17)35-30(41)31(20)25(19-5-2-6-21(33)26(19)34)27-24(37(31)13-15-3-1-4-15)14-42-28-18-9-7-16(29(39)40)11-22(18)36-38(27)28/h2,5-12,15,24-25,27H,1,3-4,13-14H2,(H,35,41)(H,39,40)/t24-,25-,27+,31+/m0/s1. The molecule has 4 atom stereocenters. The number of carboxylic acids is 1. The Labute approximate surface area is 250 Å². The smallest absolute Gasteiger partial charge is 0.335 e. The second kappa shape index (κ2) is 9.17. The number of aromatic nitrogens is 2. The van der Waals surface area contributed by atoms with Gasteiger partial charge in [-0.1, -0.05) is 47.8 Å². The number of likely N-dealkylation sites (tertiary alicyclic amines) is 1. The maximum absolute atomic E-state index is 16.2. The van der Waals surface area contributed by atoms with E-state index < -0.39 is 29.3 Å². The molecule has 1 saturated carbocycles. The zero-order valence-electron chi connectivity index (χ0n) is 22.2. The van der Waals surface area contributed by atoms with Crippen LogP contribution in [0.1, 0.15) is 52.7 Å². The number of aromatic carboxylic acids is 1. The molecule has 8 nitrogen and oxygen atoms in total. The first kappa shape index (κ1) is 26.0. The molecule has 4 aliphatic rings. The van der Waals surface area contributed by atoms with Gasteiger partial charge in [-0.15, -0.1) is 0 Å². The molecule has 4 heterocycles. The number of hydrogen-bond donors (Lipinski definition) is 2. The van der Waals surface area contributed by atoms with Gasteiger partial charge in [-0.2, -0.15) is 5.10 Å². The predicted molar refractivity (Wildman–Crippen MR) is 155 cm³/mol. The van der Waals surface area contributed by atoms with Gasteiger partial charge in [0.15, 0.2) is 0 Å². The van der Waals surface area contributed by atoms with E-state index in [4.69, 9.17) is 33.0 Å². The summed E-state index contributed by atoms with van der Waals surface area (Å²) in [6.07, 6.45) is 3.22. The molecule has 4 aromatic rings. The van der Waals surface area contributed by atoms with Crippen molar-refractivity contribution in [2.24, 2.45) is 5.92 Å². The lowest BCUT2D eigenvalue weighted by Crippen LogP contribution is -2.55. The minimum atomic E-state index is -1.30. The van der Waals surface area contributed by atoms with Crippen LogP contribution in [-0.2, 0) is 10.3 Å². The minimum Gasteiger partial charge on any atom is -0.478 e. The Hall–Kier alpha value is -3.66. The predicted octanol–water partition coefficient (Wildman–Crippen LogP) is 6.23. The number of anilines is 1. The van der Waals surface area contributed by atoms with Gasteiger partial charge in [0, 0.05) is 28.7 Å². The highest BCUT2D eigenvalue weighted by Gasteiger charge is 2.69. The highest BCUT2D eigenvalue weighted by atomic mass is 35.5. The third-order valence-electron chi connectivity index (χ3n) is 9.59. The number of nitrogens with zero attached hydrogens (tertiary/aromatic N) is 3. The van der Waals surface area contributed by atoms with Crippen molar-refractivity contribution in [1.29, 1.82) is 0 Å². The molecule has 11 heteroatoms. The lowest BCUT2D eigenvalue weighted by atomic mass is 9.73. The van der Waals surface area contributed by atoms with Crippen molar-refractivity contribution in [2.75, 3.05) is 18.5 Å². The monoisotopic (exact) mass is 606 g/mol. The molecule has 42 heavy (non-hydrogen) atoms. The fourth-order valence-electron chi connectivity index (χ4n) is 7.60. The van der Waals surface area contributed by atoms with Gasteiger partial charge in [0.1, 0.15) is 18.0 Å². The number of hydrogen-bond acceptors (Lipinski definition) is 5. The van der Waals surface area contributed by atoms with Crippen molar-refractivity contribution >= 4 is 51.7 Å². The van der Waals surface area contributed by atoms with E-state index in [0.29, 0.717) is 45.5 Å². The number of rotatable bonds is 4. The van der Waals surface area contributed by atoms with Crippen LogP contribution >= 0.6 is 23.2 Å². The van der Waals surface area contributed by atoms with Crippen LogP contribution in [0.5, 0.6) is 5.88 Å². The van der Waals surface area contributed by atoms with Gasteiger partial charge in [-0.05, 0) is 60.7 Å². The van der Waals surface area contributed by atoms with Crippen LogP contribution in [-0.4, -0.2) is 50.9 Å². The molecule has 0 radical (unpaired) electrons. The molecule has 1 saturated heterocycles. The van der Waals surface area contributed by atoms with Gasteiger partial charge in [0.2, 0.25) is 11.8 Å². The van der Waals surface area contributed by atoms with Crippen LogP contribution in [0.3, 0.4) is 0 Å². The number of amides is 1. The second-order valence-corrected chi connectivity index (χ2v) is 12.5. The Morgan fingerprint density at radius 3 is 2.76 bits per heavy atom. The Morgan fingerprint density at radius 2 is 2.00 bits per heavy atom. The summed E-state index contributed by atoms with van der Waals surface area (Å²) in [6.45, 7) is 0.869. The first-order valence-electron chi connectivity index (χ1n) is 14.0. The third-order valence-corrected chi connectivity index (χ3v) is 10.1. The Bertz CT molecular complexity index is 1820. The highest BCUT2D eigenvalue weighted by Crippen LogP contribution is 2.63. The van der Waals surface area contributed by atoms with Crippen LogP contribution in [0.15, 0.2) is 54.6 Å². The SMILES string of the molecule is O=C(O)c1ccc2c3n(nc2c1)[C@@H]1[C@H](CO3)N(CC2CCC2)[C@@]2(C(=O)Nc3cc(Cl)ccc32)[C@H]1c1cccc(Cl)c1F. The molecular formula is C31H25Cl2FN4O4. The fraction of sp³-hybridized carbons (Fsp3) is 0.323. The molecule has 214 valence electrons. The molecule has 2 fully saturated rings. The first-order valence-corrected chi connectivity index (χ1v) is 14.7. The van der Waals surface area contributed by atoms with Gasteiger partial charge in [0.25, 0.3) is 0 Å². The van der Waals surface area contributed by atoms with E-state index in [0.717, 1.165) is 24.8 Å². The molecule has 0 bridgehead atoms. The quantitative estimate of drug-likeness (QED) is 0.286. The van der Waals surface area contributed by atoms with Crippen LogP contribution in [0.25, 0.3) is 10.9 Å². The lowest BCUT2D eigenvalue weighted by Gasteiger charge is -2.42. The van der Waals surface area contributed by atoms with E-state index in [2.05, 4.69) is 10.2 Å². The van der Waals surface area contributed by atoms with E-state index in [1.165, 1.54) is 18.2 Å². The van der Waals surface area contributed by atoms with Gasteiger partial charge in [-0.3, -0.25) is 9.69 Å². The van der Waals surface area contributed by atoms with Crippen LogP contribution < -0.4 is 10.1 Å². The number of halogens is 3. The van der Waals surface area contributed by atoms with Gasteiger partial charge < -0.3 is 15.2 Å². The summed E-state index contributed by atoms with van der Waals surface area (Å²) in [7, 11) is 0. The zero-order chi connectivity index (χ0) is 28.9. The van der Waals surface area contributed by atoms with E-state index in [1.807, 2.05) is 6.07 Å². The summed E-state index contributed by atoms with van der Waals surface area (Å²) in [5, 5.41) is 18.6. The third kappa shape index (κ3) is 3.41. The van der Waals surface area contributed by atoms with Crippen molar-refractivity contribution in [2.45, 2.75) is 42.8 Å². The Morgan fingerprint density at radius 1 is 1.17 bits per heavy atom. The zero-order valence-corrected chi connectivity index (χ0v) is 23.7. The van der Waals surface area contributed by atoms with E-state index in [1.54, 1.807) is 35.0 Å². The maximum atomic E-state index is 16.2. The summed E-state index contributed by atoms with van der Waals surface area (Å²) in [6, 6.07) is 14.1. The number of ether oxygens (including phenoxy) is 1. The molecule has 1 aromatic heterocycles. The molecular weight excluding hydrogens is 582 g/mol. The number of benzene rings is 3. The summed E-state index contributed by atoms with van der Waals surface area (Å²) in [4.78, 5) is 28.4. The van der Waals surface area contributed by atoms with Crippen molar-refractivity contribution in [3.8, 4) is 5.88 Å². The van der Waals surface area contributed by atoms with Gasteiger partial charge in [0.05, 0.1) is 33.6 Å². The lowest BCUT2D eigenvalue weighted by molar-refractivity contribution is -0.128. The second-order valence-electron chi connectivity index (χ2n) is 11.6. The number of carboxylic acid groups (broad SMARTS) is 1. The number of carbonyl (C=O) groups is 2. The van der Waals surface area contributed by atoms with Gasteiger partial charge in [-0.25, -0.2) is 13.9 Å². The molecule has 3 aromatic carbocycles. The average Bonchev–Trinajstić information content (AvgIpc) is 3.55. The van der Waals surface area contributed by atoms with Crippen molar-refractivity contribution in [3.05, 3.63) is 87.2 Å². The summed E-state index contributed by atoms with van der Waals surface area (Å²) in [5.74, 6) is -1.81. The van der Waals surface area contributed by atoms with Crippen LogP contribution in [0, 0.1) is 11.7 Å². The van der Waals surface area contributed by atoms with E-state index in [9.17, 15) is 14.7 Å². The average molecular weight is 607 g/mol. The summed E-state index contributed by atoms with van der Waals surface area (Å²) < 4.78 is 24.3. The topological polar surface area (TPSA) is 96.7 Å².